The van der Waals surface area contributed by atoms with E-state index in [1.165, 1.54) is 0 Å². The van der Waals surface area contributed by atoms with Crippen LogP contribution < -0.4 is 5.32 Å². The standard InChI is InChI=1S/C10H18ClNO3/c11-3-7-15-8-4-12-10(13)9-1-5-14-6-2-9/h9H,1-8H2,(H,12,13). The van der Waals surface area contributed by atoms with Gasteiger partial charge in [0, 0.05) is 31.6 Å². The van der Waals surface area contributed by atoms with Crippen LogP contribution in [-0.4, -0.2) is 44.8 Å². The van der Waals surface area contributed by atoms with Gasteiger partial charge in [0.1, 0.15) is 0 Å². The van der Waals surface area contributed by atoms with E-state index in [9.17, 15) is 4.79 Å². The lowest BCUT2D eigenvalue weighted by Crippen LogP contribution is -2.36. The Balaban J connectivity index is 2.02. The Bertz CT molecular complexity index is 184. The molecule has 0 radical (unpaired) electrons. The first-order valence-electron chi connectivity index (χ1n) is 5.33. The molecule has 4 nitrogen and oxygen atoms in total. The van der Waals surface area contributed by atoms with Crippen LogP contribution in [-0.2, 0) is 14.3 Å². The van der Waals surface area contributed by atoms with Crippen molar-refractivity contribution in [1.82, 2.24) is 5.32 Å². The minimum atomic E-state index is 0.117. The van der Waals surface area contributed by atoms with Crippen LogP contribution in [0.3, 0.4) is 0 Å². The quantitative estimate of drug-likeness (QED) is 0.547. The Morgan fingerprint density at radius 1 is 1.40 bits per heavy atom. The lowest BCUT2D eigenvalue weighted by molar-refractivity contribution is -0.128. The fraction of sp³-hybridized carbons (Fsp3) is 0.900. The molecule has 0 aliphatic carbocycles. The first kappa shape index (κ1) is 12.7. The third kappa shape index (κ3) is 5.35. The van der Waals surface area contributed by atoms with Crippen molar-refractivity contribution in [2.75, 3.05) is 38.9 Å². The smallest absolute Gasteiger partial charge is 0.223 e. The zero-order valence-corrected chi connectivity index (χ0v) is 9.59. The summed E-state index contributed by atoms with van der Waals surface area (Å²) in [6.45, 7) is 3.02. The molecular formula is C10H18ClNO3. The average molecular weight is 236 g/mol. The van der Waals surface area contributed by atoms with E-state index in [0.717, 1.165) is 12.8 Å². The van der Waals surface area contributed by atoms with Crippen LogP contribution >= 0.6 is 11.6 Å². The topological polar surface area (TPSA) is 47.6 Å². The number of alkyl halides is 1. The molecule has 5 heteroatoms. The molecular weight excluding hydrogens is 218 g/mol. The van der Waals surface area contributed by atoms with Gasteiger partial charge in [0.25, 0.3) is 0 Å². The zero-order valence-electron chi connectivity index (χ0n) is 8.84. The zero-order chi connectivity index (χ0) is 10.9. The molecule has 1 fully saturated rings. The van der Waals surface area contributed by atoms with Crippen molar-refractivity contribution < 1.29 is 14.3 Å². The summed E-state index contributed by atoms with van der Waals surface area (Å²) in [6, 6.07) is 0. The molecule has 0 bridgehead atoms. The van der Waals surface area contributed by atoms with Gasteiger partial charge in [0.15, 0.2) is 0 Å². The van der Waals surface area contributed by atoms with Crippen molar-refractivity contribution in [3.63, 3.8) is 0 Å². The number of hydrogen-bond donors (Lipinski definition) is 1. The van der Waals surface area contributed by atoms with Crippen molar-refractivity contribution in [1.29, 1.82) is 0 Å². The third-order valence-electron chi connectivity index (χ3n) is 2.36. The summed E-state index contributed by atoms with van der Waals surface area (Å²) < 4.78 is 10.3. The van der Waals surface area contributed by atoms with Gasteiger partial charge in [-0.25, -0.2) is 0 Å². The molecule has 1 amide bonds. The van der Waals surface area contributed by atoms with Crippen LogP contribution in [0.5, 0.6) is 0 Å². The predicted octanol–water partition coefficient (Wildman–Crippen LogP) is 0.785. The van der Waals surface area contributed by atoms with Crippen molar-refractivity contribution in [2.45, 2.75) is 12.8 Å². The normalized spacial score (nSPS) is 17.7. The molecule has 1 heterocycles. The summed E-state index contributed by atoms with van der Waals surface area (Å²) in [6.07, 6.45) is 1.66. The van der Waals surface area contributed by atoms with Crippen molar-refractivity contribution in [3.8, 4) is 0 Å². The molecule has 1 N–H and O–H groups in total. The van der Waals surface area contributed by atoms with Gasteiger partial charge in [0.05, 0.1) is 13.2 Å². The van der Waals surface area contributed by atoms with Gasteiger partial charge in [-0.1, -0.05) is 0 Å². The number of amides is 1. The maximum Gasteiger partial charge on any atom is 0.223 e. The minimum Gasteiger partial charge on any atom is -0.381 e. The van der Waals surface area contributed by atoms with E-state index in [-0.39, 0.29) is 11.8 Å². The van der Waals surface area contributed by atoms with Gasteiger partial charge in [-0.15, -0.1) is 11.6 Å². The molecule has 1 rings (SSSR count). The van der Waals surface area contributed by atoms with Crippen molar-refractivity contribution in [2.24, 2.45) is 5.92 Å². The van der Waals surface area contributed by atoms with E-state index in [4.69, 9.17) is 21.1 Å². The summed E-state index contributed by atoms with van der Waals surface area (Å²) in [4.78, 5) is 11.6. The van der Waals surface area contributed by atoms with Crippen LogP contribution in [0.25, 0.3) is 0 Å². The molecule has 1 aliphatic rings. The highest BCUT2D eigenvalue weighted by Gasteiger charge is 2.20. The van der Waals surface area contributed by atoms with Crippen LogP contribution in [0.4, 0.5) is 0 Å². The number of halogens is 1. The van der Waals surface area contributed by atoms with Crippen LogP contribution in [0, 0.1) is 5.92 Å². The fourth-order valence-corrected chi connectivity index (χ4v) is 1.62. The van der Waals surface area contributed by atoms with E-state index >= 15 is 0 Å². The summed E-state index contributed by atoms with van der Waals surface area (Å²) in [5, 5.41) is 2.85. The largest absolute Gasteiger partial charge is 0.381 e. The number of hydrogen-bond acceptors (Lipinski definition) is 3. The van der Waals surface area contributed by atoms with E-state index in [2.05, 4.69) is 5.32 Å². The molecule has 0 atom stereocenters. The molecule has 0 aromatic rings. The molecule has 15 heavy (non-hydrogen) atoms. The Hall–Kier alpha value is -0.320. The van der Waals surface area contributed by atoms with Gasteiger partial charge in [-0.05, 0) is 12.8 Å². The SMILES string of the molecule is O=C(NCCOCCCl)C1CCOCC1. The summed E-state index contributed by atoms with van der Waals surface area (Å²) in [5.74, 6) is 0.730. The van der Waals surface area contributed by atoms with Crippen LogP contribution in [0.1, 0.15) is 12.8 Å². The third-order valence-corrected chi connectivity index (χ3v) is 2.51. The second-order valence-corrected chi connectivity index (χ2v) is 3.86. The number of carbonyl (C=O) groups is 1. The molecule has 0 aromatic heterocycles. The molecule has 88 valence electrons. The second kappa shape index (κ2) is 7.91. The fourth-order valence-electron chi connectivity index (χ4n) is 1.51. The lowest BCUT2D eigenvalue weighted by atomic mass is 9.99. The number of carbonyl (C=O) groups excluding carboxylic acids is 1. The molecule has 0 unspecified atom stereocenters. The first-order valence-corrected chi connectivity index (χ1v) is 5.87. The highest BCUT2D eigenvalue weighted by Crippen LogP contribution is 2.14. The Labute approximate surface area is 95.3 Å². The summed E-state index contributed by atoms with van der Waals surface area (Å²) >= 11 is 5.44. The lowest BCUT2D eigenvalue weighted by Gasteiger charge is -2.21. The highest BCUT2D eigenvalue weighted by molar-refractivity contribution is 6.17. The Morgan fingerprint density at radius 3 is 2.80 bits per heavy atom. The van der Waals surface area contributed by atoms with Crippen molar-refractivity contribution in [3.05, 3.63) is 0 Å². The molecule has 0 saturated carbocycles. The van der Waals surface area contributed by atoms with E-state index < -0.39 is 0 Å². The highest BCUT2D eigenvalue weighted by atomic mass is 35.5. The van der Waals surface area contributed by atoms with Crippen molar-refractivity contribution >= 4 is 17.5 Å². The van der Waals surface area contributed by atoms with Gasteiger partial charge in [-0.2, -0.15) is 0 Å². The minimum absolute atomic E-state index is 0.117. The number of rotatable bonds is 6. The first-order chi connectivity index (χ1) is 7.34. The predicted molar refractivity (Wildman–Crippen MR) is 58.1 cm³/mol. The van der Waals surface area contributed by atoms with E-state index in [1.54, 1.807) is 0 Å². The molecule has 1 aliphatic heterocycles. The van der Waals surface area contributed by atoms with E-state index in [0.29, 0.717) is 38.9 Å². The van der Waals surface area contributed by atoms with Crippen LogP contribution in [0.2, 0.25) is 0 Å². The summed E-state index contributed by atoms with van der Waals surface area (Å²) in [7, 11) is 0. The molecule has 0 spiro atoms. The number of nitrogens with one attached hydrogen (secondary N) is 1. The maximum atomic E-state index is 11.6. The Morgan fingerprint density at radius 2 is 2.13 bits per heavy atom. The average Bonchev–Trinajstić information content (AvgIpc) is 2.30. The van der Waals surface area contributed by atoms with E-state index in [1.807, 2.05) is 0 Å². The summed E-state index contributed by atoms with van der Waals surface area (Å²) in [5.41, 5.74) is 0. The maximum absolute atomic E-state index is 11.6. The van der Waals surface area contributed by atoms with Gasteiger partial charge >= 0.3 is 0 Å². The molecule has 0 aromatic carbocycles. The van der Waals surface area contributed by atoms with Gasteiger partial charge in [-0.3, -0.25) is 4.79 Å². The second-order valence-electron chi connectivity index (χ2n) is 3.48. The monoisotopic (exact) mass is 235 g/mol. The van der Waals surface area contributed by atoms with Gasteiger partial charge in [0.2, 0.25) is 5.91 Å². The van der Waals surface area contributed by atoms with Crippen LogP contribution in [0.15, 0.2) is 0 Å². The number of ether oxygens (including phenoxy) is 2. The Kier molecular flexibility index (Phi) is 6.72. The van der Waals surface area contributed by atoms with Gasteiger partial charge < -0.3 is 14.8 Å². The molecule has 1 saturated heterocycles.